The van der Waals surface area contributed by atoms with E-state index in [1.54, 1.807) is 38.1 Å². The van der Waals surface area contributed by atoms with Gasteiger partial charge in [-0.15, -0.1) is 0 Å². The summed E-state index contributed by atoms with van der Waals surface area (Å²) in [5.74, 6) is -0.975. The molecule has 0 aliphatic carbocycles. The summed E-state index contributed by atoms with van der Waals surface area (Å²) in [7, 11) is -3.13. The van der Waals surface area contributed by atoms with Gasteiger partial charge in [0.25, 0.3) is 5.91 Å². The van der Waals surface area contributed by atoms with Gasteiger partial charge in [0.1, 0.15) is 5.75 Å². The molecule has 1 fully saturated rings. The molecular weight excluding hydrogens is 454 g/mol. The van der Waals surface area contributed by atoms with E-state index in [1.165, 1.54) is 23.1 Å². The fourth-order valence-electron chi connectivity index (χ4n) is 4.53. The molecule has 0 spiro atoms. The first kappa shape index (κ1) is 23.2. The third-order valence-electron chi connectivity index (χ3n) is 6.27. The average molecular weight is 479 g/mol. The molecule has 0 bridgehead atoms. The minimum Gasteiger partial charge on any atom is -0.435 e. The lowest BCUT2D eigenvalue weighted by molar-refractivity contribution is -0.122. The van der Waals surface area contributed by atoms with E-state index >= 15 is 0 Å². The average Bonchev–Trinajstić information content (AvgIpc) is 2.93. The van der Waals surface area contributed by atoms with Crippen LogP contribution in [0.2, 0.25) is 0 Å². The first-order valence-electron chi connectivity index (χ1n) is 10.4. The maximum atomic E-state index is 13.5. The number of sulfone groups is 1. The topological polar surface area (TPSA) is 92.8 Å². The van der Waals surface area contributed by atoms with Crippen LogP contribution < -0.4 is 15.0 Å². The Bertz CT molecular complexity index is 1240. The minimum absolute atomic E-state index is 0.0679. The SMILES string of the molecule is CC[C@]1(C)C(=O)N(c2cccc(OC(F)F)c2)c2ccc(C(=O)NC3(C)CS(=O)(=O)C3)cc21. The van der Waals surface area contributed by atoms with E-state index in [-0.39, 0.29) is 23.2 Å². The van der Waals surface area contributed by atoms with Gasteiger partial charge in [0.05, 0.1) is 33.8 Å². The van der Waals surface area contributed by atoms with Crippen LogP contribution in [0.25, 0.3) is 0 Å². The molecule has 2 heterocycles. The minimum atomic E-state index is -3.13. The van der Waals surface area contributed by atoms with Crippen LogP contribution in [-0.4, -0.2) is 43.9 Å². The lowest BCUT2D eigenvalue weighted by Crippen LogP contribution is -2.63. The molecule has 0 unspecified atom stereocenters. The number of alkyl halides is 2. The molecule has 1 N–H and O–H groups in total. The second-order valence-electron chi connectivity index (χ2n) is 8.98. The highest BCUT2D eigenvalue weighted by Gasteiger charge is 2.48. The summed E-state index contributed by atoms with van der Waals surface area (Å²) in [5.41, 5.74) is 0.108. The fourth-order valence-corrected chi connectivity index (χ4v) is 6.53. The van der Waals surface area contributed by atoms with Gasteiger partial charge in [0.2, 0.25) is 5.91 Å². The normalized spacial score (nSPS) is 22.6. The molecule has 2 aromatic carbocycles. The monoisotopic (exact) mass is 478 g/mol. The van der Waals surface area contributed by atoms with Crippen molar-refractivity contribution in [3.8, 4) is 5.75 Å². The number of halogens is 2. The van der Waals surface area contributed by atoms with Crippen LogP contribution in [0.1, 0.15) is 43.1 Å². The molecular formula is C23H24F2N2O5S. The summed E-state index contributed by atoms with van der Waals surface area (Å²) in [4.78, 5) is 27.8. The van der Waals surface area contributed by atoms with Gasteiger partial charge in [-0.2, -0.15) is 8.78 Å². The van der Waals surface area contributed by atoms with Gasteiger partial charge in [-0.1, -0.05) is 13.0 Å². The maximum absolute atomic E-state index is 13.5. The number of ether oxygens (including phenoxy) is 1. The second kappa shape index (κ2) is 7.79. The molecule has 2 aliphatic heterocycles. The van der Waals surface area contributed by atoms with Crippen LogP contribution >= 0.6 is 0 Å². The van der Waals surface area contributed by atoms with Gasteiger partial charge < -0.3 is 10.1 Å². The molecule has 4 rings (SSSR count). The van der Waals surface area contributed by atoms with E-state index in [9.17, 15) is 26.8 Å². The molecule has 10 heteroatoms. The summed E-state index contributed by atoms with van der Waals surface area (Å²) >= 11 is 0. The number of amides is 2. The zero-order chi connectivity index (χ0) is 24.2. The molecule has 1 atom stereocenters. The standard InChI is InChI=1S/C23H24F2N2O5S/c1-4-23(3)17-10-14(19(28)26-22(2)12-33(30,31)13-22)8-9-18(17)27(20(23)29)15-6-5-7-16(11-15)32-21(24)25/h5-11,21H,4,12-13H2,1-3H3,(H,26,28)/t23-/m0/s1. The lowest BCUT2D eigenvalue weighted by Gasteiger charge is -2.38. The fraction of sp³-hybridized carbons (Fsp3) is 0.391. The molecule has 2 amide bonds. The summed E-state index contributed by atoms with van der Waals surface area (Å²) in [6.07, 6.45) is 0.448. The molecule has 1 saturated heterocycles. The molecule has 33 heavy (non-hydrogen) atoms. The van der Waals surface area contributed by atoms with Gasteiger partial charge >= 0.3 is 6.61 Å². The van der Waals surface area contributed by atoms with Gasteiger partial charge in [-0.05, 0) is 56.2 Å². The van der Waals surface area contributed by atoms with Crippen LogP contribution in [0, 0.1) is 0 Å². The Balaban J connectivity index is 1.69. The lowest BCUT2D eigenvalue weighted by atomic mass is 9.80. The summed E-state index contributed by atoms with van der Waals surface area (Å²) < 4.78 is 52.9. The van der Waals surface area contributed by atoms with Crippen LogP contribution in [0.3, 0.4) is 0 Å². The molecule has 0 saturated carbocycles. The zero-order valence-electron chi connectivity index (χ0n) is 18.4. The first-order valence-corrected chi connectivity index (χ1v) is 12.3. The second-order valence-corrected chi connectivity index (χ2v) is 11.0. The first-order chi connectivity index (χ1) is 15.4. The van der Waals surface area contributed by atoms with Crippen molar-refractivity contribution in [2.24, 2.45) is 0 Å². The summed E-state index contributed by atoms with van der Waals surface area (Å²) in [6.45, 7) is 2.31. The Morgan fingerprint density at radius 1 is 1.18 bits per heavy atom. The molecule has 0 radical (unpaired) electrons. The molecule has 2 aliphatic rings. The van der Waals surface area contributed by atoms with E-state index in [2.05, 4.69) is 10.1 Å². The number of benzene rings is 2. The van der Waals surface area contributed by atoms with Crippen molar-refractivity contribution in [3.63, 3.8) is 0 Å². The van der Waals surface area contributed by atoms with Crippen LogP contribution in [-0.2, 0) is 20.0 Å². The number of carbonyl (C=O) groups is 2. The molecule has 2 aromatic rings. The third kappa shape index (κ3) is 4.07. The Morgan fingerprint density at radius 3 is 2.48 bits per heavy atom. The molecule has 0 aromatic heterocycles. The number of hydrogen-bond acceptors (Lipinski definition) is 5. The zero-order valence-corrected chi connectivity index (χ0v) is 19.2. The highest BCUT2D eigenvalue weighted by molar-refractivity contribution is 7.93. The van der Waals surface area contributed by atoms with Crippen LogP contribution in [0.15, 0.2) is 42.5 Å². The van der Waals surface area contributed by atoms with Crippen LogP contribution in [0.4, 0.5) is 20.2 Å². The van der Waals surface area contributed by atoms with E-state index in [0.29, 0.717) is 28.9 Å². The molecule has 7 nitrogen and oxygen atoms in total. The van der Waals surface area contributed by atoms with E-state index in [4.69, 9.17) is 0 Å². The van der Waals surface area contributed by atoms with Crippen molar-refractivity contribution in [1.29, 1.82) is 0 Å². The largest absolute Gasteiger partial charge is 0.435 e. The number of nitrogens with one attached hydrogen (secondary N) is 1. The molecule has 176 valence electrons. The number of carbonyl (C=O) groups excluding carboxylic acids is 2. The van der Waals surface area contributed by atoms with Gasteiger partial charge in [0, 0.05) is 11.6 Å². The number of anilines is 2. The predicted octanol–water partition coefficient (Wildman–Crippen LogP) is 3.55. The highest BCUT2D eigenvalue weighted by Crippen LogP contribution is 2.48. The van der Waals surface area contributed by atoms with Crippen molar-refractivity contribution in [1.82, 2.24) is 5.32 Å². The summed E-state index contributed by atoms with van der Waals surface area (Å²) in [5, 5.41) is 2.78. The van der Waals surface area contributed by atoms with E-state index in [1.807, 2.05) is 6.92 Å². The Hall–Kier alpha value is -3.01. The van der Waals surface area contributed by atoms with Crippen molar-refractivity contribution in [2.45, 2.75) is 44.8 Å². The van der Waals surface area contributed by atoms with E-state index in [0.717, 1.165) is 0 Å². The number of nitrogens with zero attached hydrogens (tertiary/aromatic N) is 1. The van der Waals surface area contributed by atoms with E-state index < -0.39 is 33.3 Å². The smallest absolute Gasteiger partial charge is 0.387 e. The number of rotatable bonds is 6. The Kier molecular flexibility index (Phi) is 5.47. The number of fused-ring (bicyclic) bond motifs is 1. The van der Waals surface area contributed by atoms with Crippen molar-refractivity contribution >= 4 is 33.0 Å². The Morgan fingerprint density at radius 2 is 1.88 bits per heavy atom. The van der Waals surface area contributed by atoms with Gasteiger partial charge in [-0.25, -0.2) is 8.42 Å². The van der Waals surface area contributed by atoms with Crippen molar-refractivity contribution in [3.05, 3.63) is 53.6 Å². The highest BCUT2D eigenvalue weighted by atomic mass is 32.2. The quantitative estimate of drug-likeness (QED) is 0.686. The predicted molar refractivity (Wildman–Crippen MR) is 119 cm³/mol. The van der Waals surface area contributed by atoms with Gasteiger partial charge in [0.15, 0.2) is 9.84 Å². The van der Waals surface area contributed by atoms with Gasteiger partial charge in [-0.3, -0.25) is 14.5 Å². The maximum Gasteiger partial charge on any atom is 0.387 e. The van der Waals surface area contributed by atoms with Crippen LogP contribution in [0.5, 0.6) is 5.75 Å². The Labute approximate surface area is 190 Å². The van der Waals surface area contributed by atoms with Crippen molar-refractivity contribution < 1.29 is 31.5 Å². The number of hydrogen-bond donors (Lipinski definition) is 1. The summed E-state index contributed by atoms with van der Waals surface area (Å²) in [6, 6.07) is 10.7. The third-order valence-corrected chi connectivity index (χ3v) is 8.42. The van der Waals surface area contributed by atoms with Crippen molar-refractivity contribution in [2.75, 3.05) is 16.4 Å².